The van der Waals surface area contributed by atoms with Crippen molar-refractivity contribution in [3.05, 3.63) is 0 Å². The van der Waals surface area contributed by atoms with Crippen LogP contribution in [0.25, 0.3) is 0 Å². The molecular weight excluding hydrogens is 112 g/mol. The van der Waals surface area contributed by atoms with Crippen LogP contribution in [0.3, 0.4) is 0 Å². The van der Waals surface area contributed by atoms with Gasteiger partial charge in [-0.2, -0.15) is 0 Å². The molecule has 0 aromatic rings. The van der Waals surface area contributed by atoms with Gasteiger partial charge in [0.05, 0.1) is 0 Å². The smallest absolute Gasteiger partial charge is 0.0462 e. The molecule has 0 aromatic heterocycles. The SMILES string of the molecule is OCC1CCC2C3C1C23. The van der Waals surface area contributed by atoms with E-state index in [1.54, 1.807) is 0 Å². The van der Waals surface area contributed by atoms with Gasteiger partial charge in [0, 0.05) is 6.61 Å². The molecule has 0 aromatic carbocycles. The number of rotatable bonds is 1. The van der Waals surface area contributed by atoms with Gasteiger partial charge in [-0.1, -0.05) is 0 Å². The van der Waals surface area contributed by atoms with Crippen molar-refractivity contribution in [3.8, 4) is 0 Å². The standard InChI is InChI=1S/C8H12O/c9-3-4-1-2-5-7-6(4)8(5)7/h4-9H,1-3H2. The van der Waals surface area contributed by atoms with E-state index in [4.69, 9.17) is 5.11 Å². The van der Waals surface area contributed by atoms with Crippen LogP contribution < -0.4 is 0 Å². The topological polar surface area (TPSA) is 20.2 Å². The van der Waals surface area contributed by atoms with Gasteiger partial charge in [-0.3, -0.25) is 0 Å². The van der Waals surface area contributed by atoms with E-state index in [0.29, 0.717) is 12.5 Å². The molecule has 4 fully saturated rings. The third-order valence-corrected chi connectivity index (χ3v) is 3.69. The van der Waals surface area contributed by atoms with Gasteiger partial charge in [-0.05, 0) is 42.4 Å². The fraction of sp³-hybridized carbons (Fsp3) is 1.00. The van der Waals surface area contributed by atoms with E-state index in [0.717, 1.165) is 23.7 Å². The van der Waals surface area contributed by atoms with E-state index in [9.17, 15) is 0 Å². The van der Waals surface area contributed by atoms with Crippen molar-refractivity contribution in [2.45, 2.75) is 12.8 Å². The molecule has 1 nitrogen and oxygen atoms in total. The van der Waals surface area contributed by atoms with Gasteiger partial charge >= 0.3 is 0 Å². The maximum atomic E-state index is 8.90. The van der Waals surface area contributed by atoms with Gasteiger partial charge in [-0.25, -0.2) is 0 Å². The highest BCUT2D eigenvalue weighted by molar-refractivity contribution is 5.23. The quantitative estimate of drug-likeness (QED) is 0.550. The van der Waals surface area contributed by atoms with Crippen LogP contribution in [0.1, 0.15) is 12.8 Å². The minimum absolute atomic E-state index is 0.463. The average Bonchev–Trinajstić information content (AvgIpc) is 2.75. The summed E-state index contributed by atoms with van der Waals surface area (Å²) in [6, 6.07) is 0. The lowest BCUT2D eigenvalue weighted by atomic mass is 9.80. The summed E-state index contributed by atoms with van der Waals surface area (Å²) in [6.07, 6.45) is 2.75. The Morgan fingerprint density at radius 1 is 1.11 bits per heavy atom. The molecule has 1 N–H and O–H groups in total. The van der Waals surface area contributed by atoms with E-state index >= 15 is 0 Å². The lowest BCUT2D eigenvalue weighted by Crippen LogP contribution is -2.22. The molecule has 0 spiro atoms. The summed E-state index contributed by atoms with van der Waals surface area (Å²) >= 11 is 0. The van der Waals surface area contributed by atoms with Crippen molar-refractivity contribution in [2.24, 2.45) is 29.6 Å². The summed E-state index contributed by atoms with van der Waals surface area (Å²) < 4.78 is 0. The number of aliphatic hydroxyl groups excluding tert-OH is 1. The highest BCUT2D eigenvalue weighted by atomic mass is 16.3. The largest absolute Gasteiger partial charge is 0.396 e. The highest BCUT2D eigenvalue weighted by Gasteiger charge is 2.76. The molecule has 3 unspecified atom stereocenters. The molecule has 4 saturated carbocycles. The third kappa shape index (κ3) is 0.389. The van der Waals surface area contributed by atoms with E-state index in [1.165, 1.54) is 12.8 Å². The maximum absolute atomic E-state index is 8.90. The predicted molar refractivity (Wildman–Crippen MR) is 33.8 cm³/mol. The Bertz CT molecular complexity index is 145. The molecule has 4 aliphatic carbocycles. The molecule has 0 aliphatic heterocycles. The minimum atomic E-state index is 0.463. The number of fused-ring (bicyclic) bond motifs is 2. The molecule has 9 heavy (non-hydrogen) atoms. The summed E-state index contributed by atoms with van der Waals surface area (Å²) in [5.74, 6) is 5.06. The summed E-state index contributed by atoms with van der Waals surface area (Å²) in [5.41, 5.74) is 0. The first-order chi connectivity index (χ1) is 4.43. The Kier molecular flexibility index (Phi) is 0.628. The Hall–Kier alpha value is -0.0400. The van der Waals surface area contributed by atoms with Crippen molar-refractivity contribution in [2.75, 3.05) is 6.61 Å². The van der Waals surface area contributed by atoms with E-state index in [-0.39, 0.29) is 0 Å². The second kappa shape index (κ2) is 1.20. The second-order valence-electron chi connectivity index (χ2n) is 3.92. The predicted octanol–water partition coefficient (Wildman–Crippen LogP) is 0.881. The summed E-state index contributed by atoms with van der Waals surface area (Å²) in [7, 11) is 0. The molecule has 0 heterocycles. The monoisotopic (exact) mass is 124 g/mol. The Balaban J connectivity index is 1.78. The molecular formula is C8H12O. The van der Waals surface area contributed by atoms with Crippen LogP contribution in [-0.2, 0) is 0 Å². The van der Waals surface area contributed by atoms with E-state index < -0.39 is 0 Å². The second-order valence-corrected chi connectivity index (χ2v) is 3.92. The molecule has 0 amide bonds. The lowest BCUT2D eigenvalue weighted by molar-refractivity contribution is 0.134. The van der Waals surface area contributed by atoms with Crippen LogP contribution in [0.5, 0.6) is 0 Å². The van der Waals surface area contributed by atoms with Crippen molar-refractivity contribution < 1.29 is 5.11 Å². The number of hydrogen-bond acceptors (Lipinski definition) is 1. The zero-order valence-electron chi connectivity index (χ0n) is 5.46. The summed E-state index contributed by atoms with van der Waals surface area (Å²) in [4.78, 5) is 0. The number of hydrogen-bond donors (Lipinski definition) is 1. The van der Waals surface area contributed by atoms with Gasteiger partial charge in [0.25, 0.3) is 0 Å². The van der Waals surface area contributed by atoms with Gasteiger partial charge in [0.15, 0.2) is 0 Å². The number of aliphatic hydroxyl groups is 1. The van der Waals surface area contributed by atoms with Crippen LogP contribution in [0, 0.1) is 29.6 Å². The molecule has 4 rings (SSSR count). The van der Waals surface area contributed by atoms with Crippen molar-refractivity contribution >= 4 is 0 Å². The van der Waals surface area contributed by atoms with Gasteiger partial charge < -0.3 is 5.11 Å². The molecule has 50 valence electrons. The van der Waals surface area contributed by atoms with Gasteiger partial charge in [0.1, 0.15) is 0 Å². The summed E-state index contributed by atoms with van der Waals surface area (Å²) in [5, 5.41) is 8.90. The van der Waals surface area contributed by atoms with Crippen LogP contribution in [0.4, 0.5) is 0 Å². The van der Waals surface area contributed by atoms with Crippen molar-refractivity contribution in [1.82, 2.24) is 0 Å². The molecule has 2 bridgehead atoms. The van der Waals surface area contributed by atoms with Gasteiger partial charge in [-0.15, -0.1) is 0 Å². The molecule has 0 saturated heterocycles. The first-order valence-corrected chi connectivity index (χ1v) is 4.04. The van der Waals surface area contributed by atoms with Crippen LogP contribution in [-0.4, -0.2) is 11.7 Å². The molecule has 3 atom stereocenters. The van der Waals surface area contributed by atoms with Crippen LogP contribution in [0.15, 0.2) is 0 Å². The Morgan fingerprint density at radius 3 is 2.33 bits per heavy atom. The van der Waals surface area contributed by atoms with E-state index in [2.05, 4.69) is 0 Å². The minimum Gasteiger partial charge on any atom is -0.396 e. The molecule has 4 aliphatic rings. The van der Waals surface area contributed by atoms with Crippen molar-refractivity contribution in [3.63, 3.8) is 0 Å². The zero-order valence-corrected chi connectivity index (χ0v) is 5.46. The molecule has 1 heteroatoms. The molecule has 0 radical (unpaired) electrons. The van der Waals surface area contributed by atoms with E-state index in [1.807, 2.05) is 0 Å². The van der Waals surface area contributed by atoms with Gasteiger partial charge in [0.2, 0.25) is 0 Å². The van der Waals surface area contributed by atoms with Crippen LogP contribution >= 0.6 is 0 Å². The first kappa shape index (κ1) is 4.73. The zero-order chi connectivity index (χ0) is 6.01. The fourth-order valence-corrected chi connectivity index (χ4v) is 3.06. The van der Waals surface area contributed by atoms with Crippen molar-refractivity contribution in [1.29, 1.82) is 0 Å². The normalized spacial score (nSPS) is 67.0. The Labute approximate surface area is 55.1 Å². The Morgan fingerprint density at radius 2 is 1.89 bits per heavy atom. The first-order valence-electron chi connectivity index (χ1n) is 4.04. The average molecular weight is 124 g/mol. The maximum Gasteiger partial charge on any atom is 0.0462 e. The van der Waals surface area contributed by atoms with Crippen LogP contribution in [0.2, 0.25) is 0 Å². The third-order valence-electron chi connectivity index (χ3n) is 3.69. The lowest BCUT2D eigenvalue weighted by Gasteiger charge is -2.26. The fourth-order valence-electron chi connectivity index (χ4n) is 3.06. The highest BCUT2D eigenvalue weighted by Crippen LogP contribution is 2.80. The summed E-state index contributed by atoms with van der Waals surface area (Å²) in [6.45, 7) is 0.463.